The number of hydrogen-bond acceptors (Lipinski definition) is 5. The number of benzene rings is 1. The van der Waals surface area contributed by atoms with E-state index in [1.165, 1.54) is 0 Å². The molecule has 30 heavy (non-hydrogen) atoms. The van der Waals surface area contributed by atoms with Gasteiger partial charge < -0.3 is 25.0 Å². The SMILES string of the molecule is C=C/C(C)=C(/COCCOCCCCCNCCc1ccc(O)c(CO)c1)C(=C)Cl. The zero-order valence-corrected chi connectivity index (χ0v) is 18.8. The summed E-state index contributed by atoms with van der Waals surface area (Å²) in [6.45, 7) is 13.4. The van der Waals surface area contributed by atoms with Crippen LogP contribution in [0.3, 0.4) is 0 Å². The lowest BCUT2D eigenvalue weighted by Crippen LogP contribution is -2.18. The molecule has 0 aromatic heterocycles. The molecule has 0 aliphatic carbocycles. The maximum Gasteiger partial charge on any atom is 0.121 e. The first kappa shape index (κ1) is 26.4. The Morgan fingerprint density at radius 2 is 1.90 bits per heavy atom. The van der Waals surface area contributed by atoms with Crippen LogP contribution in [0.4, 0.5) is 0 Å². The molecule has 0 bridgehead atoms. The van der Waals surface area contributed by atoms with Crippen molar-refractivity contribution in [2.45, 2.75) is 39.2 Å². The predicted molar refractivity (Wildman–Crippen MR) is 124 cm³/mol. The second-order valence-electron chi connectivity index (χ2n) is 7.12. The molecule has 0 amide bonds. The second kappa shape index (κ2) is 16.1. The van der Waals surface area contributed by atoms with Gasteiger partial charge in [0.1, 0.15) is 5.75 Å². The largest absolute Gasteiger partial charge is 0.508 e. The lowest BCUT2D eigenvalue weighted by molar-refractivity contribution is 0.0550. The highest BCUT2D eigenvalue weighted by Gasteiger charge is 2.04. The summed E-state index contributed by atoms with van der Waals surface area (Å²) >= 11 is 5.97. The molecule has 0 saturated heterocycles. The van der Waals surface area contributed by atoms with Crippen molar-refractivity contribution in [1.82, 2.24) is 5.32 Å². The molecule has 5 nitrogen and oxygen atoms in total. The fraction of sp³-hybridized carbons (Fsp3) is 0.500. The first-order valence-corrected chi connectivity index (χ1v) is 10.8. The minimum Gasteiger partial charge on any atom is -0.508 e. The summed E-state index contributed by atoms with van der Waals surface area (Å²) in [5.74, 6) is 0.147. The molecule has 0 saturated carbocycles. The van der Waals surface area contributed by atoms with E-state index in [0.717, 1.165) is 62.1 Å². The van der Waals surface area contributed by atoms with Crippen LogP contribution in [0.15, 0.2) is 53.6 Å². The Kier molecular flexibility index (Phi) is 14.2. The zero-order chi connectivity index (χ0) is 22.2. The molecular weight excluding hydrogens is 402 g/mol. The van der Waals surface area contributed by atoms with E-state index in [2.05, 4.69) is 18.5 Å². The van der Waals surface area contributed by atoms with E-state index in [9.17, 15) is 10.2 Å². The Morgan fingerprint density at radius 3 is 2.60 bits per heavy atom. The number of aromatic hydroxyl groups is 1. The molecule has 1 aromatic carbocycles. The molecule has 0 unspecified atom stereocenters. The standard InChI is InChI=1S/C24H36ClNO4/c1-4-19(2)23(20(3)25)18-30-15-14-29-13-7-5-6-11-26-12-10-21-8-9-24(28)22(16-21)17-27/h4,8-9,16,26-28H,1,3,5-7,10-15,17-18H2,2H3/b23-19-. The van der Waals surface area contributed by atoms with Crippen molar-refractivity contribution in [1.29, 1.82) is 0 Å². The van der Waals surface area contributed by atoms with Crippen LogP contribution >= 0.6 is 11.6 Å². The number of ether oxygens (including phenoxy) is 2. The van der Waals surface area contributed by atoms with E-state index >= 15 is 0 Å². The van der Waals surface area contributed by atoms with Crippen molar-refractivity contribution in [3.63, 3.8) is 0 Å². The molecule has 0 aliphatic heterocycles. The van der Waals surface area contributed by atoms with Crippen LogP contribution in [0, 0.1) is 0 Å². The van der Waals surface area contributed by atoms with Crippen LogP contribution in [-0.2, 0) is 22.5 Å². The van der Waals surface area contributed by atoms with Crippen LogP contribution < -0.4 is 5.32 Å². The smallest absolute Gasteiger partial charge is 0.121 e. The molecule has 0 aliphatic rings. The number of nitrogens with one attached hydrogen (secondary N) is 1. The van der Waals surface area contributed by atoms with Gasteiger partial charge >= 0.3 is 0 Å². The maximum absolute atomic E-state index is 9.57. The number of halogens is 1. The van der Waals surface area contributed by atoms with Gasteiger partial charge in [-0.15, -0.1) is 0 Å². The van der Waals surface area contributed by atoms with Gasteiger partial charge in [0, 0.05) is 17.2 Å². The van der Waals surface area contributed by atoms with Gasteiger partial charge in [0.25, 0.3) is 0 Å². The lowest BCUT2D eigenvalue weighted by atomic mass is 10.1. The van der Waals surface area contributed by atoms with Gasteiger partial charge in [-0.3, -0.25) is 0 Å². The third-order valence-corrected chi connectivity index (χ3v) is 5.00. The van der Waals surface area contributed by atoms with Crippen molar-refractivity contribution in [2.24, 2.45) is 0 Å². The summed E-state index contributed by atoms with van der Waals surface area (Å²) in [7, 11) is 0. The first-order chi connectivity index (χ1) is 14.5. The summed E-state index contributed by atoms with van der Waals surface area (Å²) in [5.41, 5.74) is 3.53. The average Bonchev–Trinajstić information content (AvgIpc) is 2.74. The molecule has 1 rings (SSSR count). The molecule has 0 heterocycles. The topological polar surface area (TPSA) is 71.0 Å². The number of hydrogen-bond donors (Lipinski definition) is 3. The van der Waals surface area contributed by atoms with Crippen molar-refractivity contribution < 1.29 is 19.7 Å². The van der Waals surface area contributed by atoms with E-state index < -0.39 is 0 Å². The summed E-state index contributed by atoms with van der Waals surface area (Å²) in [6.07, 6.45) is 5.86. The Morgan fingerprint density at radius 1 is 1.13 bits per heavy atom. The fourth-order valence-corrected chi connectivity index (χ4v) is 3.04. The summed E-state index contributed by atoms with van der Waals surface area (Å²) in [5, 5.41) is 22.7. The van der Waals surface area contributed by atoms with Crippen LogP contribution in [-0.4, -0.2) is 49.7 Å². The maximum atomic E-state index is 9.57. The van der Waals surface area contributed by atoms with Crippen LogP contribution in [0.5, 0.6) is 5.75 Å². The van der Waals surface area contributed by atoms with Crippen LogP contribution in [0.25, 0.3) is 0 Å². The van der Waals surface area contributed by atoms with Crippen LogP contribution in [0.2, 0.25) is 0 Å². The molecular formula is C24H36ClNO4. The van der Waals surface area contributed by atoms with E-state index in [0.29, 0.717) is 30.4 Å². The number of phenols is 1. The van der Waals surface area contributed by atoms with Gasteiger partial charge in [-0.25, -0.2) is 0 Å². The molecule has 0 atom stereocenters. The van der Waals surface area contributed by atoms with Gasteiger partial charge in [-0.2, -0.15) is 0 Å². The molecule has 0 fully saturated rings. The lowest BCUT2D eigenvalue weighted by Gasteiger charge is -2.10. The molecule has 6 heteroatoms. The van der Waals surface area contributed by atoms with Gasteiger partial charge in [0.05, 0.1) is 26.4 Å². The normalized spacial score (nSPS) is 12.0. The Labute approximate surface area is 186 Å². The second-order valence-corrected chi connectivity index (χ2v) is 7.57. The molecule has 0 radical (unpaired) electrons. The summed E-state index contributed by atoms with van der Waals surface area (Å²) in [4.78, 5) is 0. The van der Waals surface area contributed by atoms with Crippen molar-refractivity contribution in [2.75, 3.05) is 39.5 Å². The summed E-state index contributed by atoms with van der Waals surface area (Å²) in [6, 6.07) is 5.38. The van der Waals surface area contributed by atoms with E-state index in [1.54, 1.807) is 12.1 Å². The van der Waals surface area contributed by atoms with Gasteiger partial charge in [-0.05, 0) is 74.5 Å². The Balaban J connectivity index is 1.97. The highest BCUT2D eigenvalue weighted by molar-refractivity contribution is 6.31. The number of unbranched alkanes of at least 4 members (excludes halogenated alkanes) is 2. The van der Waals surface area contributed by atoms with E-state index in [-0.39, 0.29) is 12.4 Å². The molecule has 3 N–H and O–H groups in total. The van der Waals surface area contributed by atoms with Gasteiger partial charge in [0.2, 0.25) is 0 Å². The van der Waals surface area contributed by atoms with E-state index in [4.69, 9.17) is 21.1 Å². The highest BCUT2D eigenvalue weighted by Crippen LogP contribution is 2.19. The molecule has 0 spiro atoms. The third kappa shape index (κ3) is 11.0. The Bertz CT molecular complexity index is 688. The van der Waals surface area contributed by atoms with Crippen LogP contribution in [0.1, 0.15) is 37.3 Å². The van der Waals surface area contributed by atoms with Crippen molar-refractivity contribution in [3.8, 4) is 5.75 Å². The highest BCUT2D eigenvalue weighted by atomic mass is 35.5. The molecule has 1 aromatic rings. The minimum atomic E-state index is -0.141. The quantitative estimate of drug-likeness (QED) is 0.247. The number of allylic oxidation sites excluding steroid dienone is 2. The number of rotatable bonds is 17. The predicted octanol–water partition coefficient (Wildman–Crippen LogP) is 4.48. The fourth-order valence-electron chi connectivity index (χ4n) is 2.83. The zero-order valence-electron chi connectivity index (χ0n) is 18.1. The average molecular weight is 438 g/mol. The minimum absolute atomic E-state index is 0.141. The van der Waals surface area contributed by atoms with Crippen molar-refractivity contribution >= 4 is 11.6 Å². The van der Waals surface area contributed by atoms with Gasteiger partial charge in [-0.1, -0.05) is 36.9 Å². The monoisotopic (exact) mass is 437 g/mol. The van der Waals surface area contributed by atoms with Gasteiger partial charge in [0.15, 0.2) is 0 Å². The van der Waals surface area contributed by atoms with Crippen molar-refractivity contribution in [3.05, 3.63) is 64.7 Å². The third-order valence-electron chi connectivity index (χ3n) is 4.77. The first-order valence-electron chi connectivity index (χ1n) is 10.4. The Hall–Kier alpha value is -1.63. The number of aliphatic hydroxyl groups excluding tert-OH is 1. The molecule has 168 valence electrons. The number of aliphatic hydroxyl groups is 1. The van der Waals surface area contributed by atoms with E-state index in [1.807, 2.05) is 19.1 Å². The summed E-state index contributed by atoms with van der Waals surface area (Å²) < 4.78 is 11.2.